The molecule has 6 heteroatoms. The van der Waals surface area contributed by atoms with E-state index in [9.17, 15) is 4.79 Å². The number of hydrogen-bond acceptors (Lipinski definition) is 5. The molecular formula is C19H19N3O2S. The second-order valence-electron chi connectivity index (χ2n) is 6.15. The van der Waals surface area contributed by atoms with Crippen molar-refractivity contribution in [1.29, 1.82) is 0 Å². The number of para-hydroxylation sites is 1. The number of benzene rings is 1. The molecule has 0 bridgehead atoms. The van der Waals surface area contributed by atoms with E-state index in [2.05, 4.69) is 10.1 Å². The standard InChI is InChI=1S/C19H19N3O2S/c1-12-21-18-17(14-8-4-6-10-16(14)25-18)19(23)22(12)20-11-13-7-3-5-9-15(13)24-2/h3,5,7,9,11H,4,6,8,10H2,1-2H3/b20-11+. The third-order valence-electron chi connectivity index (χ3n) is 4.58. The zero-order valence-electron chi connectivity index (χ0n) is 14.3. The molecule has 0 saturated heterocycles. The van der Waals surface area contributed by atoms with Crippen LogP contribution in [0.4, 0.5) is 0 Å². The van der Waals surface area contributed by atoms with Crippen LogP contribution in [0.1, 0.15) is 34.7 Å². The number of nitrogens with zero attached hydrogens (tertiary/aromatic N) is 3. The topological polar surface area (TPSA) is 56.5 Å². The van der Waals surface area contributed by atoms with Gasteiger partial charge in [-0.05, 0) is 50.3 Å². The summed E-state index contributed by atoms with van der Waals surface area (Å²) in [5.41, 5.74) is 1.93. The van der Waals surface area contributed by atoms with Crippen LogP contribution in [0.2, 0.25) is 0 Å². The lowest BCUT2D eigenvalue weighted by atomic mass is 9.97. The van der Waals surface area contributed by atoms with Gasteiger partial charge in [-0.15, -0.1) is 11.3 Å². The molecule has 0 atom stereocenters. The summed E-state index contributed by atoms with van der Waals surface area (Å²) < 4.78 is 6.73. The number of hydrogen-bond donors (Lipinski definition) is 0. The Morgan fingerprint density at radius 1 is 1.28 bits per heavy atom. The number of fused-ring (bicyclic) bond motifs is 3. The van der Waals surface area contributed by atoms with Gasteiger partial charge in [0.05, 0.1) is 18.7 Å². The summed E-state index contributed by atoms with van der Waals surface area (Å²) in [7, 11) is 1.62. The van der Waals surface area contributed by atoms with Gasteiger partial charge in [0.15, 0.2) is 0 Å². The highest BCUT2D eigenvalue weighted by Gasteiger charge is 2.21. The van der Waals surface area contributed by atoms with Crippen LogP contribution in [0.5, 0.6) is 5.75 Å². The molecule has 1 aliphatic rings. The summed E-state index contributed by atoms with van der Waals surface area (Å²) in [6, 6.07) is 7.59. The zero-order valence-corrected chi connectivity index (χ0v) is 15.1. The van der Waals surface area contributed by atoms with E-state index in [0.29, 0.717) is 5.82 Å². The van der Waals surface area contributed by atoms with E-state index < -0.39 is 0 Å². The van der Waals surface area contributed by atoms with Crippen molar-refractivity contribution in [3.63, 3.8) is 0 Å². The van der Waals surface area contributed by atoms with Crippen LogP contribution in [-0.4, -0.2) is 23.0 Å². The SMILES string of the molecule is COc1ccccc1/C=N/n1c(C)nc2sc3c(c2c1=O)CCCC3. The van der Waals surface area contributed by atoms with Crippen molar-refractivity contribution in [2.24, 2.45) is 5.10 Å². The Hall–Kier alpha value is -2.47. The van der Waals surface area contributed by atoms with Crippen LogP contribution in [0.15, 0.2) is 34.2 Å². The van der Waals surface area contributed by atoms with Crippen molar-refractivity contribution in [3.8, 4) is 5.75 Å². The molecule has 0 N–H and O–H groups in total. The average Bonchev–Trinajstić information content (AvgIpc) is 3.00. The minimum atomic E-state index is -0.0759. The Labute approximate surface area is 149 Å². The molecule has 4 rings (SSSR count). The predicted molar refractivity (Wildman–Crippen MR) is 101 cm³/mol. The summed E-state index contributed by atoms with van der Waals surface area (Å²) in [5.74, 6) is 1.32. The van der Waals surface area contributed by atoms with E-state index in [0.717, 1.165) is 40.8 Å². The van der Waals surface area contributed by atoms with Gasteiger partial charge in [0.25, 0.3) is 5.56 Å². The number of rotatable bonds is 3. The lowest BCUT2D eigenvalue weighted by Gasteiger charge is -2.10. The van der Waals surface area contributed by atoms with Crippen LogP contribution in [0.25, 0.3) is 10.2 Å². The number of ether oxygens (including phenoxy) is 1. The minimum Gasteiger partial charge on any atom is -0.496 e. The smallest absolute Gasteiger partial charge is 0.283 e. The van der Waals surface area contributed by atoms with Crippen molar-refractivity contribution < 1.29 is 4.74 Å². The summed E-state index contributed by atoms with van der Waals surface area (Å²) in [6.07, 6.45) is 6.00. The summed E-state index contributed by atoms with van der Waals surface area (Å²) >= 11 is 1.66. The van der Waals surface area contributed by atoms with Gasteiger partial charge in [-0.3, -0.25) is 4.79 Å². The summed E-state index contributed by atoms with van der Waals surface area (Å²) in [5, 5.41) is 5.16. The Bertz CT molecular complexity index is 1030. The lowest BCUT2D eigenvalue weighted by molar-refractivity contribution is 0.414. The van der Waals surface area contributed by atoms with Crippen LogP contribution in [0, 0.1) is 6.92 Å². The molecule has 0 fully saturated rings. The van der Waals surface area contributed by atoms with Crippen molar-refractivity contribution in [1.82, 2.24) is 9.66 Å². The molecule has 3 aromatic rings. The molecule has 25 heavy (non-hydrogen) atoms. The van der Waals surface area contributed by atoms with Crippen LogP contribution in [0.3, 0.4) is 0 Å². The Kier molecular flexibility index (Phi) is 4.13. The van der Waals surface area contributed by atoms with Crippen LogP contribution >= 0.6 is 11.3 Å². The zero-order chi connectivity index (χ0) is 17.4. The van der Waals surface area contributed by atoms with E-state index >= 15 is 0 Å². The maximum atomic E-state index is 13.0. The maximum Gasteiger partial charge on any atom is 0.283 e. The normalized spacial score (nSPS) is 14.2. The second-order valence-corrected chi connectivity index (χ2v) is 7.24. The van der Waals surface area contributed by atoms with Gasteiger partial charge in [0.1, 0.15) is 16.4 Å². The molecule has 0 saturated carbocycles. The van der Waals surface area contributed by atoms with Gasteiger partial charge in [-0.1, -0.05) is 12.1 Å². The number of aryl methyl sites for hydroxylation is 3. The number of thiophene rings is 1. The van der Waals surface area contributed by atoms with Gasteiger partial charge < -0.3 is 4.74 Å². The molecule has 1 aromatic carbocycles. The Balaban J connectivity index is 1.85. The minimum absolute atomic E-state index is 0.0759. The lowest BCUT2D eigenvalue weighted by Crippen LogP contribution is -2.21. The average molecular weight is 353 g/mol. The molecule has 0 amide bonds. The third kappa shape index (κ3) is 2.76. The molecule has 0 radical (unpaired) electrons. The second kappa shape index (κ2) is 6.44. The highest BCUT2D eigenvalue weighted by Crippen LogP contribution is 2.33. The maximum absolute atomic E-state index is 13.0. The highest BCUT2D eigenvalue weighted by molar-refractivity contribution is 7.18. The van der Waals surface area contributed by atoms with Gasteiger partial charge in [-0.2, -0.15) is 9.78 Å². The molecule has 0 aliphatic heterocycles. The number of aromatic nitrogens is 2. The van der Waals surface area contributed by atoms with E-state index in [4.69, 9.17) is 4.74 Å². The fourth-order valence-corrected chi connectivity index (χ4v) is 4.62. The summed E-state index contributed by atoms with van der Waals surface area (Å²) in [6.45, 7) is 1.82. The van der Waals surface area contributed by atoms with Gasteiger partial charge in [-0.25, -0.2) is 4.98 Å². The predicted octanol–water partition coefficient (Wildman–Crippen LogP) is 3.54. The van der Waals surface area contributed by atoms with Crippen LogP contribution < -0.4 is 10.3 Å². The van der Waals surface area contributed by atoms with E-state index in [1.54, 1.807) is 24.7 Å². The van der Waals surface area contributed by atoms with Gasteiger partial charge in [0, 0.05) is 10.4 Å². The summed E-state index contributed by atoms with van der Waals surface area (Å²) in [4.78, 5) is 19.8. The molecule has 128 valence electrons. The first-order valence-corrected chi connectivity index (χ1v) is 9.22. The van der Waals surface area contributed by atoms with E-state index in [1.165, 1.54) is 21.5 Å². The van der Waals surface area contributed by atoms with E-state index in [-0.39, 0.29) is 5.56 Å². The van der Waals surface area contributed by atoms with Gasteiger partial charge >= 0.3 is 0 Å². The highest BCUT2D eigenvalue weighted by atomic mass is 32.1. The van der Waals surface area contributed by atoms with Crippen molar-refractivity contribution in [3.05, 3.63) is 56.4 Å². The number of methoxy groups -OCH3 is 1. The molecular weight excluding hydrogens is 334 g/mol. The Morgan fingerprint density at radius 2 is 2.08 bits per heavy atom. The fraction of sp³-hybridized carbons (Fsp3) is 0.316. The molecule has 1 aliphatic carbocycles. The molecule has 0 unspecified atom stereocenters. The molecule has 5 nitrogen and oxygen atoms in total. The van der Waals surface area contributed by atoms with Crippen molar-refractivity contribution in [2.45, 2.75) is 32.6 Å². The van der Waals surface area contributed by atoms with Crippen LogP contribution in [-0.2, 0) is 12.8 Å². The molecule has 2 aromatic heterocycles. The monoisotopic (exact) mass is 353 g/mol. The van der Waals surface area contributed by atoms with Gasteiger partial charge in [0.2, 0.25) is 0 Å². The Morgan fingerprint density at radius 3 is 2.92 bits per heavy atom. The third-order valence-corrected chi connectivity index (χ3v) is 5.77. The largest absolute Gasteiger partial charge is 0.496 e. The van der Waals surface area contributed by atoms with Crippen molar-refractivity contribution >= 4 is 27.8 Å². The van der Waals surface area contributed by atoms with Crippen molar-refractivity contribution in [2.75, 3.05) is 7.11 Å². The quantitative estimate of drug-likeness (QED) is 0.677. The first kappa shape index (κ1) is 16.0. The molecule has 2 heterocycles. The fourth-order valence-electron chi connectivity index (χ4n) is 3.33. The molecule has 0 spiro atoms. The first-order chi connectivity index (χ1) is 12.2. The first-order valence-electron chi connectivity index (χ1n) is 8.40. The van der Waals surface area contributed by atoms with E-state index in [1.807, 2.05) is 31.2 Å².